The minimum Gasteiger partial charge on any atom is -0.295 e. The van der Waals surface area contributed by atoms with Crippen molar-refractivity contribution in [2.75, 3.05) is 0 Å². The number of hydrogen-bond donors (Lipinski definition) is 0. The van der Waals surface area contributed by atoms with Crippen LogP contribution in [0.5, 0.6) is 0 Å². The van der Waals surface area contributed by atoms with Crippen molar-refractivity contribution in [3.63, 3.8) is 0 Å². The topological polar surface area (TPSA) is 17.1 Å². The molecular weight excluding hydrogens is 148 g/mol. The van der Waals surface area contributed by atoms with Crippen LogP contribution in [0.1, 0.15) is 33.6 Å². The molecule has 1 unspecified atom stereocenters. The highest BCUT2D eigenvalue weighted by molar-refractivity contribution is 5.94. The molecule has 1 nitrogen and oxygen atoms in total. The molecule has 0 radical (unpaired) electrons. The van der Waals surface area contributed by atoms with E-state index < -0.39 is 0 Å². The summed E-state index contributed by atoms with van der Waals surface area (Å²) in [6.45, 7) is 6.14. The normalized spacial score (nSPS) is 27.6. The van der Waals surface area contributed by atoms with E-state index in [1.807, 2.05) is 13.8 Å². The lowest BCUT2D eigenvalue weighted by atomic mass is 9.86. The standard InChI is InChI=1S/C11H16O/c1-4-5-10-6-9(3)11(12)7-8(10)2/h5,7,9H,4,6H2,1-3H3/b10-5-. The summed E-state index contributed by atoms with van der Waals surface area (Å²) in [6, 6.07) is 0. The molecule has 0 spiro atoms. The molecule has 1 rings (SSSR count). The first kappa shape index (κ1) is 9.24. The van der Waals surface area contributed by atoms with Gasteiger partial charge < -0.3 is 0 Å². The summed E-state index contributed by atoms with van der Waals surface area (Å²) in [6.07, 6.45) is 5.97. The van der Waals surface area contributed by atoms with Gasteiger partial charge in [0.1, 0.15) is 0 Å². The van der Waals surface area contributed by atoms with Gasteiger partial charge in [0.05, 0.1) is 0 Å². The van der Waals surface area contributed by atoms with E-state index in [0.717, 1.165) is 18.4 Å². The van der Waals surface area contributed by atoms with E-state index in [-0.39, 0.29) is 11.7 Å². The van der Waals surface area contributed by atoms with E-state index in [4.69, 9.17) is 0 Å². The number of ketones is 1. The van der Waals surface area contributed by atoms with E-state index in [1.54, 1.807) is 6.08 Å². The van der Waals surface area contributed by atoms with E-state index >= 15 is 0 Å². The van der Waals surface area contributed by atoms with Gasteiger partial charge in [0, 0.05) is 5.92 Å². The predicted octanol–water partition coefficient (Wildman–Crippen LogP) is 2.88. The number of allylic oxidation sites excluding steroid dienone is 4. The summed E-state index contributed by atoms with van der Waals surface area (Å²) in [5.41, 5.74) is 2.50. The van der Waals surface area contributed by atoms with E-state index in [9.17, 15) is 4.79 Å². The number of carbonyl (C=O) groups is 1. The third-order valence-corrected chi connectivity index (χ3v) is 2.33. The molecule has 0 saturated heterocycles. The average molecular weight is 164 g/mol. The summed E-state index contributed by atoms with van der Waals surface area (Å²) in [5, 5.41) is 0. The molecule has 0 N–H and O–H groups in total. The Labute approximate surface area is 74.2 Å². The van der Waals surface area contributed by atoms with Crippen LogP contribution in [0, 0.1) is 5.92 Å². The van der Waals surface area contributed by atoms with Gasteiger partial charge in [-0.05, 0) is 37.0 Å². The van der Waals surface area contributed by atoms with Crippen molar-refractivity contribution >= 4 is 5.78 Å². The van der Waals surface area contributed by atoms with Gasteiger partial charge in [-0.15, -0.1) is 0 Å². The zero-order chi connectivity index (χ0) is 9.14. The predicted molar refractivity (Wildman–Crippen MR) is 50.9 cm³/mol. The van der Waals surface area contributed by atoms with Gasteiger partial charge in [0.2, 0.25) is 0 Å². The minimum atomic E-state index is 0.187. The van der Waals surface area contributed by atoms with Crippen molar-refractivity contribution in [3.8, 4) is 0 Å². The Bertz CT molecular complexity index is 246. The van der Waals surface area contributed by atoms with Crippen LogP contribution < -0.4 is 0 Å². The molecule has 0 fully saturated rings. The molecule has 0 aliphatic heterocycles. The molecule has 1 atom stereocenters. The number of carbonyl (C=O) groups excluding carboxylic acids is 1. The van der Waals surface area contributed by atoms with Gasteiger partial charge in [0.15, 0.2) is 5.78 Å². The highest BCUT2D eigenvalue weighted by Crippen LogP contribution is 2.25. The van der Waals surface area contributed by atoms with Gasteiger partial charge in [-0.3, -0.25) is 4.79 Å². The quantitative estimate of drug-likeness (QED) is 0.582. The van der Waals surface area contributed by atoms with Gasteiger partial charge in [-0.1, -0.05) is 19.9 Å². The monoisotopic (exact) mass is 164 g/mol. The molecule has 66 valence electrons. The Balaban J connectivity index is 2.88. The van der Waals surface area contributed by atoms with Crippen LogP contribution in [0.15, 0.2) is 23.3 Å². The van der Waals surface area contributed by atoms with Crippen molar-refractivity contribution in [1.29, 1.82) is 0 Å². The Morgan fingerprint density at radius 2 is 2.33 bits per heavy atom. The zero-order valence-electron chi connectivity index (χ0n) is 8.05. The van der Waals surface area contributed by atoms with Crippen LogP contribution in [0.3, 0.4) is 0 Å². The second kappa shape index (κ2) is 3.70. The fraction of sp³-hybridized carbons (Fsp3) is 0.545. The maximum Gasteiger partial charge on any atom is 0.159 e. The molecular formula is C11H16O. The molecule has 0 bridgehead atoms. The molecule has 1 heteroatoms. The fourth-order valence-electron chi connectivity index (χ4n) is 1.53. The van der Waals surface area contributed by atoms with Crippen molar-refractivity contribution in [2.45, 2.75) is 33.6 Å². The van der Waals surface area contributed by atoms with E-state index in [2.05, 4.69) is 13.0 Å². The van der Waals surface area contributed by atoms with Gasteiger partial charge in [-0.2, -0.15) is 0 Å². The molecule has 12 heavy (non-hydrogen) atoms. The highest BCUT2D eigenvalue weighted by atomic mass is 16.1. The molecule has 0 aromatic rings. The summed E-state index contributed by atoms with van der Waals surface area (Å²) >= 11 is 0. The zero-order valence-corrected chi connectivity index (χ0v) is 8.05. The van der Waals surface area contributed by atoms with Crippen molar-refractivity contribution < 1.29 is 4.79 Å². The highest BCUT2D eigenvalue weighted by Gasteiger charge is 2.18. The summed E-state index contributed by atoms with van der Waals surface area (Å²) in [5.74, 6) is 0.465. The van der Waals surface area contributed by atoms with Crippen LogP contribution >= 0.6 is 0 Å². The lowest BCUT2D eigenvalue weighted by Gasteiger charge is -2.18. The van der Waals surface area contributed by atoms with Gasteiger partial charge >= 0.3 is 0 Å². The Morgan fingerprint density at radius 1 is 1.67 bits per heavy atom. The van der Waals surface area contributed by atoms with Gasteiger partial charge in [0.25, 0.3) is 0 Å². The molecule has 1 aliphatic carbocycles. The summed E-state index contributed by atoms with van der Waals surface area (Å²) in [7, 11) is 0. The summed E-state index contributed by atoms with van der Waals surface area (Å²) < 4.78 is 0. The van der Waals surface area contributed by atoms with Crippen LogP contribution in [-0.2, 0) is 4.79 Å². The van der Waals surface area contributed by atoms with Gasteiger partial charge in [-0.25, -0.2) is 0 Å². The lowest BCUT2D eigenvalue weighted by molar-refractivity contribution is -0.118. The summed E-state index contributed by atoms with van der Waals surface area (Å²) in [4.78, 5) is 11.3. The molecule has 0 aromatic carbocycles. The first-order valence-electron chi connectivity index (χ1n) is 4.56. The number of hydrogen-bond acceptors (Lipinski definition) is 1. The maximum atomic E-state index is 11.3. The molecule has 0 aromatic heterocycles. The molecule has 1 aliphatic rings. The third kappa shape index (κ3) is 1.84. The lowest BCUT2D eigenvalue weighted by Crippen LogP contribution is -2.15. The second-order valence-corrected chi connectivity index (χ2v) is 3.47. The fourth-order valence-corrected chi connectivity index (χ4v) is 1.53. The van der Waals surface area contributed by atoms with E-state index in [1.165, 1.54) is 5.57 Å². The average Bonchev–Trinajstić information content (AvgIpc) is 2.01. The second-order valence-electron chi connectivity index (χ2n) is 3.47. The third-order valence-electron chi connectivity index (χ3n) is 2.33. The van der Waals surface area contributed by atoms with Crippen molar-refractivity contribution in [1.82, 2.24) is 0 Å². The molecule has 0 heterocycles. The van der Waals surface area contributed by atoms with E-state index in [0.29, 0.717) is 0 Å². The Kier molecular flexibility index (Phi) is 2.85. The Morgan fingerprint density at radius 3 is 2.92 bits per heavy atom. The van der Waals surface area contributed by atoms with Crippen LogP contribution in [0.4, 0.5) is 0 Å². The number of rotatable bonds is 1. The van der Waals surface area contributed by atoms with Crippen LogP contribution in [-0.4, -0.2) is 5.78 Å². The Hall–Kier alpha value is -0.850. The van der Waals surface area contributed by atoms with Crippen molar-refractivity contribution in [2.24, 2.45) is 5.92 Å². The largest absolute Gasteiger partial charge is 0.295 e. The van der Waals surface area contributed by atoms with Crippen LogP contribution in [0.25, 0.3) is 0 Å². The molecule has 0 saturated carbocycles. The SMILES string of the molecule is CC/C=C1/CC(C)C(=O)C=C1C. The first-order chi connectivity index (χ1) is 5.65. The van der Waals surface area contributed by atoms with Crippen molar-refractivity contribution in [3.05, 3.63) is 23.3 Å². The smallest absolute Gasteiger partial charge is 0.159 e. The maximum absolute atomic E-state index is 11.3. The molecule has 0 amide bonds. The van der Waals surface area contributed by atoms with Crippen LogP contribution in [0.2, 0.25) is 0 Å². The minimum absolute atomic E-state index is 0.187. The first-order valence-corrected chi connectivity index (χ1v) is 4.56.